The lowest BCUT2D eigenvalue weighted by Crippen LogP contribution is -2.54. The lowest BCUT2D eigenvalue weighted by atomic mass is 9.79. The van der Waals surface area contributed by atoms with E-state index in [-0.39, 0.29) is 11.6 Å². The molecule has 4 nitrogen and oxygen atoms in total. The average molecular weight is 290 g/mol. The predicted octanol–water partition coefficient (Wildman–Crippen LogP) is 3.17. The van der Waals surface area contributed by atoms with Crippen LogP contribution in [-0.4, -0.2) is 41.0 Å². The molecule has 1 fully saturated rings. The van der Waals surface area contributed by atoms with Gasteiger partial charge in [-0.3, -0.25) is 9.97 Å². The third-order valence-corrected chi connectivity index (χ3v) is 4.87. The summed E-state index contributed by atoms with van der Waals surface area (Å²) in [6.45, 7) is 3.24. The van der Waals surface area contributed by atoms with Gasteiger partial charge in [-0.25, -0.2) is 0 Å². The number of likely N-dealkylation sites (N-methyl/N-ethyl adjacent to an activating group) is 1. The lowest BCUT2D eigenvalue weighted by molar-refractivity contribution is 0.0780. The summed E-state index contributed by atoms with van der Waals surface area (Å²) in [5, 5.41) is 3.76. The van der Waals surface area contributed by atoms with Crippen LogP contribution in [-0.2, 0) is 0 Å². The largest absolute Gasteiger partial charge is 0.307 e. The monoisotopic (exact) mass is 290 g/mol. The van der Waals surface area contributed by atoms with Crippen LogP contribution in [0.1, 0.15) is 63.6 Å². The third-order valence-electron chi connectivity index (χ3n) is 4.87. The number of hydrogen-bond acceptors (Lipinski definition) is 4. The molecule has 0 spiro atoms. The van der Waals surface area contributed by atoms with Crippen molar-refractivity contribution in [3.05, 3.63) is 24.3 Å². The standard InChI is InChI=1S/C17H30N4/c1-4-11-20-16(15-14-18-12-13-19-15)17(21(2)3)9-7-5-6-8-10-17/h12-14,16,20H,4-11H2,1-3H3. The van der Waals surface area contributed by atoms with E-state index in [1.165, 1.54) is 38.5 Å². The average Bonchev–Trinajstić information content (AvgIpc) is 2.76. The van der Waals surface area contributed by atoms with Gasteiger partial charge in [-0.15, -0.1) is 0 Å². The van der Waals surface area contributed by atoms with Crippen LogP contribution in [0.5, 0.6) is 0 Å². The number of nitrogens with zero attached hydrogens (tertiary/aromatic N) is 3. The van der Waals surface area contributed by atoms with Crippen molar-refractivity contribution in [2.45, 2.75) is 63.5 Å². The highest BCUT2D eigenvalue weighted by molar-refractivity contribution is 5.13. The van der Waals surface area contributed by atoms with Crippen molar-refractivity contribution in [1.82, 2.24) is 20.2 Å². The fourth-order valence-electron chi connectivity index (χ4n) is 3.65. The molecule has 1 unspecified atom stereocenters. The smallest absolute Gasteiger partial charge is 0.0775 e. The molecule has 2 rings (SSSR count). The number of rotatable bonds is 6. The topological polar surface area (TPSA) is 41.1 Å². The molecule has 118 valence electrons. The van der Waals surface area contributed by atoms with E-state index < -0.39 is 0 Å². The maximum Gasteiger partial charge on any atom is 0.0775 e. The third kappa shape index (κ3) is 3.80. The second-order valence-corrected chi connectivity index (χ2v) is 6.43. The van der Waals surface area contributed by atoms with Crippen molar-refractivity contribution in [3.63, 3.8) is 0 Å². The Morgan fingerprint density at radius 2 is 1.90 bits per heavy atom. The van der Waals surface area contributed by atoms with Crippen molar-refractivity contribution in [3.8, 4) is 0 Å². The molecule has 1 aromatic heterocycles. The van der Waals surface area contributed by atoms with E-state index in [1.807, 2.05) is 12.4 Å². The lowest BCUT2D eigenvalue weighted by Gasteiger charge is -2.46. The zero-order chi connectivity index (χ0) is 15.1. The van der Waals surface area contributed by atoms with Crippen LogP contribution in [0, 0.1) is 0 Å². The molecule has 1 heterocycles. The number of aromatic nitrogens is 2. The predicted molar refractivity (Wildman–Crippen MR) is 87.2 cm³/mol. The summed E-state index contributed by atoms with van der Waals surface area (Å²) in [5.41, 5.74) is 1.24. The van der Waals surface area contributed by atoms with E-state index in [1.54, 1.807) is 6.20 Å². The van der Waals surface area contributed by atoms with Gasteiger partial charge in [0.2, 0.25) is 0 Å². The number of hydrogen-bond donors (Lipinski definition) is 1. The Morgan fingerprint density at radius 3 is 2.43 bits per heavy atom. The van der Waals surface area contributed by atoms with Gasteiger partial charge in [0.25, 0.3) is 0 Å². The van der Waals surface area contributed by atoms with Gasteiger partial charge >= 0.3 is 0 Å². The number of nitrogens with one attached hydrogen (secondary N) is 1. The summed E-state index contributed by atoms with van der Waals surface area (Å²) in [4.78, 5) is 11.3. The molecule has 0 aliphatic heterocycles. The van der Waals surface area contributed by atoms with E-state index in [2.05, 4.69) is 41.2 Å². The van der Waals surface area contributed by atoms with Crippen molar-refractivity contribution in [1.29, 1.82) is 0 Å². The summed E-state index contributed by atoms with van der Waals surface area (Å²) in [5.74, 6) is 0. The molecule has 21 heavy (non-hydrogen) atoms. The first kappa shape index (κ1) is 16.4. The van der Waals surface area contributed by atoms with Gasteiger partial charge in [-0.1, -0.05) is 32.6 Å². The molecule has 1 aliphatic rings. The normalized spacial score (nSPS) is 20.2. The maximum absolute atomic E-state index is 4.61. The molecule has 1 N–H and O–H groups in total. The first-order chi connectivity index (χ1) is 10.2. The van der Waals surface area contributed by atoms with Crippen LogP contribution >= 0.6 is 0 Å². The van der Waals surface area contributed by atoms with Crippen LogP contribution in [0.15, 0.2) is 18.6 Å². The molecule has 0 saturated heterocycles. The molecule has 0 bridgehead atoms. The first-order valence-corrected chi connectivity index (χ1v) is 8.37. The fourth-order valence-corrected chi connectivity index (χ4v) is 3.65. The Morgan fingerprint density at radius 1 is 1.19 bits per heavy atom. The SMILES string of the molecule is CCCNC(c1cnccn1)C1(N(C)C)CCCCCC1. The van der Waals surface area contributed by atoms with Crippen LogP contribution in [0.2, 0.25) is 0 Å². The quantitative estimate of drug-likeness (QED) is 0.817. The van der Waals surface area contributed by atoms with Gasteiger partial charge in [0.1, 0.15) is 0 Å². The molecule has 1 aromatic rings. The van der Waals surface area contributed by atoms with Crippen LogP contribution in [0.25, 0.3) is 0 Å². The van der Waals surface area contributed by atoms with Gasteiger partial charge in [0.15, 0.2) is 0 Å². The molecular weight excluding hydrogens is 260 g/mol. The second-order valence-electron chi connectivity index (χ2n) is 6.43. The molecular formula is C17H30N4. The van der Waals surface area contributed by atoms with E-state index in [4.69, 9.17) is 0 Å². The van der Waals surface area contributed by atoms with Crippen LogP contribution < -0.4 is 5.32 Å². The molecule has 0 aromatic carbocycles. The van der Waals surface area contributed by atoms with Gasteiger partial charge in [0, 0.05) is 17.9 Å². The van der Waals surface area contributed by atoms with Crippen molar-refractivity contribution < 1.29 is 0 Å². The fraction of sp³-hybridized carbons (Fsp3) is 0.765. The van der Waals surface area contributed by atoms with Crippen LogP contribution in [0.3, 0.4) is 0 Å². The van der Waals surface area contributed by atoms with E-state index in [0.29, 0.717) is 0 Å². The Hall–Kier alpha value is -1.00. The molecule has 0 amide bonds. The highest BCUT2D eigenvalue weighted by atomic mass is 15.2. The minimum Gasteiger partial charge on any atom is -0.307 e. The van der Waals surface area contributed by atoms with Crippen molar-refractivity contribution >= 4 is 0 Å². The highest BCUT2D eigenvalue weighted by Gasteiger charge is 2.42. The van der Waals surface area contributed by atoms with Crippen molar-refractivity contribution in [2.75, 3.05) is 20.6 Å². The van der Waals surface area contributed by atoms with Gasteiger partial charge in [-0.05, 0) is 39.9 Å². The van der Waals surface area contributed by atoms with Gasteiger partial charge < -0.3 is 10.2 Å². The van der Waals surface area contributed by atoms with Crippen LogP contribution in [0.4, 0.5) is 0 Å². The Bertz CT molecular complexity index is 397. The van der Waals surface area contributed by atoms with Gasteiger partial charge in [0.05, 0.1) is 17.9 Å². The Balaban J connectivity index is 2.34. The van der Waals surface area contributed by atoms with Crippen molar-refractivity contribution in [2.24, 2.45) is 0 Å². The summed E-state index contributed by atoms with van der Waals surface area (Å²) >= 11 is 0. The summed E-state index contributed by atoms with van der Waals surface area (Å²) < 4.78 is 0. The Kier molecular flexibility index (Phi) is 6.12. The molecule has 1 aliphatic carbocycles. The Labute approximate surface area is 129 Å². The van der Waals surface area contributed by atoms with E-state index in [9.17, 15) is 0 Å². The molecule has 4 heteroatoms. The minimum absolute atomic E-state index is 0.154. The van der Waals surface area contributed by atoms with E-state index >= 15 is 0 Å². The molecule has 0 radical (unpaired) electrons. The summed E-state index contributed by atoms with van der Waals surface area (Å²) in [6.07, 6.45) is 14.4. The maximum atomic E-state index is 4.61. The minimum atomic E-state index is 0.154. The zero-order valence-corrected chi connectivity index (χ0v) is 13.8. The summed E-state index contributed by atoms with van der Waals surface area (Å²) in [7, 11) is 4.45. The summed E-state index contributed by atoms with van der Waals surface area (Å²) in [6, 6.07) is 0.263. The first-order valence-electron chi connectivity index (χ1n) is 8.37. The zero-order valence-electron chi connectivity index (χ0n) is 13.8. The second kappa shape index (κ2) is 7.85. The highest BCUT2D eigenvalue weighted by Crippen LogP contribution is 2.40. The van der Waals surface area contributed by atoms with E-state index in [0.717, 1.165) is 18.7 Å². The van der Waals surface area contributed by atoms with Gasteiger partial charge in [-0.2, -0.15) is 0 Å². The molecule has 1 atom stereocenters. The molecule has 1 saturated carbocycles.